The van der Waals surface area contributed by atoms with Gasteiger partial charge in [-0.05, 0) is 35.4 Å². The topological polar surface area (TPSA) is 124 Å². The second-order valence-electron chi connectivity index (χ2n) is 10.4. The summed E-state index contributed by atoms with van der Waals surface area (Å²) >= 11 is 0. The normalized spacial score (nSPS) is 11.6. The lowest BCUT2D eigenvalue weighted by Crippen LogP contribution is -2.53. The summed E-state index contributed by atoms with van der Waals surface area (Å²) in [6.45, 7) is -0.626. The van der Waals surface area contributed by atoms with Crippen molar-refractivity contribution in [1.29, 1.82) is 0 Å². The highest BCUT2D eigenvalue weighted by atomic mass is 32.2. The molecule has 4 aromatic rings. The van der Waals surface area contributed by atoms with Gasteiger partial charge in [-0.1, -0.05) is 60.7 Å². The van der Waals surface area contributed by atoms with E-state index >= 15 is 0 Å². The van der Waals surface area contributed by atoms with Gasteiger partial charge in [0.25, 0.3) is 10.0 Å². The van der Waals surface area contributed by atoms with Crippen molar-refractivity contribution in [1.82, 2.24) is 10.2 Å². The fourth-order valence-electron chi connectivity index (χ4n) is 5.11. The van der Waals surface area contributed by atoms with Crippen LogP contribution in [0.2, 0.25) is 0 Å². The minimum Gasteiger partial charge on any atom is -0.497 e. The molecule has 0 spiro atoms. The molecule has 0 aliphatic heterocycles. The molecule has 0 aliphatic carbocycles. The molecule has 1 atom stereocenters. The molecule has 0 saturated heterocycles. The average Bonchev–Trinajstić information content (AvgIpc) is 3.11. The van der Waals surface area contributed by atoms with Gasteiger partial charge < -0.3 is 29.2 Å². The van der Waals surface area contributed by atoms with Gasteiger partial charge in [0.1, 0.15) is 24.1 Å². The molecule has 0 radical (unpaired) electrons. The Bertz CT molecular complexity index is 1770. The minimum atomic E-state index is -4.47. The molecule has 0 aliphatic rings. The maximum atomic E-state index is 14.6. The molecule has 11 nitrogen and oxygen atoms in total. The predicted octanol–water partition coefficient (Wildman–Crippen LogP) is 4.30. The van der Waals surface area contributed by atoms with Crippen LogP contribution in [0.5, 0.6) is 23.0 Å². The van der Waals surface area contributed by atoms with Gasteiger partial charge >= 0.3 is 0 Å². The SMILES string of the molecule is CNC(=O)[C@H](Cc1ccccc1)N(Cc1ccccc1)C(=O)CN(c1cc(OC)ccc1OC)S(=O)(=O)c1ccc(OC)c(OC)c1. The Hall–Kier alpha value is -5.23. The van der Waals surface area contributed by atoms with E-state index in [1.807, 2.05) is 60.7 Å². The third kappa shape index (κ3) is 8.14. The number of sulfonamides is 1. The van der Waals surface area contributed by atoms with Crippen LogP contribution in [-0.4, -0.2) is 73.2 Å². The average molecular weight is 662 g/mol. The summed E-state index contributed by atoms with van der Waals surface area (Å²) in [5, 5.41) is 2.68. The Kier molecular flexibility index (Phi) is 11.7. The summed E-state index contributed by atoms with van der Waals surface area (Å²) in [5.74, 6) is 0.0272. The molecule has 248 valence electrons. The molecule has 0 saturated carbocycles. The van der Waals surface area contributed by atoms with E-state index in [2.05, 4.69) is 5.32 Å². The maximum Gasteiger partial charge on any atom is 0.265 e. The Morgan fingerprint density at radius 2 is 1.32 bits per heavy atom. The van der Waals surface area contributed by atoms with Gasteiger partial charge in [-0.15, -0.1) is 0 Å². The number of likely N-dealkylation sites (N-methyl/N-ethyl adjacent to an activating group) is 1. The molecule has 4 aromatic carbocycles. The largest absolute Gasteiger partial charge is 0.497 e. The van der Waals surface area contributed by atoms with Crippen LogP contribution in [-0.2, 0) is 32.6 Å². The van der Waals surface area contributed by atoms with E-state index in [9.17, 15) is 18.0 Å². The van der Waals surface area contributed by atoms with Crippen LogP contribution in [0.3, 0.4) is 0 Å². The number of hydrogen-bond donors (Lipinski definition) is 1. The third-order valence-electron chi connectivity index (χ3n) is 7.59. The first-order valence-corrected chi connectivity index (χ1v) is 16.2. The lowest BCUT2D eigenvalue weighted by atomic mass is 10.0. The summed E-state index contributed by atoms with van der Waals surface area (Å²) in [4.78, 5) is 29.3. The Morgan fingerprint density at radius 1 is 0.723 bits per heavy atom. The fourth-order valence-corrected chi connectivity index (χ4v) is 6.54. The number of hydrogen-bond acceptors (Lipinski definition) is 8. The van der Waals surface area contributed by atoms with Crippen molar-refractivity contribution in [2.24, 2.45) is 0 Å². The lowest BCUT2D eigenvalue weighted by Gasteiger charge is -2.34. The third-order valence-corrected chi connectivity index (χ3v) is 9.35. The van der Waals surface area contributed by atoms with Crippen molar-refractivity contribution in [2.45, 2.75) is 23.9 Å². The van der Waals surface area contributed by atoms with E-state index < -0.39 is 34.4 Å². The van der Waals surface area contributed by atoms with Crippen LogP contribution in [0.4, 0.5) is 5.69 Å². The van der Waals surface area contributed by atoms with Gasteiger partial charge in [0.15, 0.2) is 11.5 Å². The van der Waals surface area contributed by atoms with Gasteiger partial charge in [-0.3, -0.25) is 13.9 Å². The van der Waals surface area contributed by atoms with Gasteiger partial charge in [0.2, 0.25) is 11.8 Å². The molecule has 12 heteroatoms. The zero-order chi connectivity index (χ0) is 34.0. The van der Waals surface area contributed by atoms with Crippen molar-refractivity contribution in [3.05, 3.63) is 108 Å². The number of amides is 2. The second kappa shape index (κ2) is 15.9. The number of methoxy groups -OCH3 is 4. The quantitative estimate of drug-likeness (QED) is 0.200. The summed E-state index contributed by atoms with van der Waals surface area (Å²) in [6, 6.07) is 26.4. The Morgan fingerprint density at radius 3 is 1.89 bits per heavy atom. The van der Waals surface area contributed by atoms with Crippen LogP contribution in [0.15, 0.2) is 102 Å². The lowest BCUT2D eigenvalue weighted by molar-refractivity contribution is -0.139. The zero-order valence-electron chi connectivity index (χ0n) is 27.0. The van der Waals surface area contributed by atoms with Crippen molar-refractivity contribution in [3.8, 4) is 23.0 Å². The number of carbonyl (C=O) groups excluding carboxylic acids is 2. The standard InChI is InChI=1S/C35H39N3O8S/c1-36-35(40)30(20-25-12-8-6-9-13-25)37(23-26-14-10-7-11-15-26)34(39)24-38(29-21-27(43-2)16-18-31(29)44-3)47(41,42)28-17-19-32(45-4)33(22-28)46-5/h6-19,21-22,30H,20,23-24H2,1-5H3,(H,36,40)/t30-/m0/s1. The minimum absolute atomic E-state index is 0.0457. The number of carbonyl (C=O) groups is 2. The Balaban J connectivity index is 1.87. The van der Waals surface area contributed by atoms with Gasteiger partial charge in [0, 0.05) is 32.1 Å². The van der Waals surface area contributed by atoms with Crippen LogP contribution >= 0.6 is 0 Å². The van der Waals surface area contributed by atoms with E-state index in [0.717, 1.165) is 15.4 Å². The molecule has 0 aromatic heterocycles. The van der Waals surface area contributed by atoms with Crippen molar-refractivity contribution >= 4 is 27.5 Å². The number of nitrogens with one attached hydrogen (secondary N) is 1. The monoisotopic (exact) mass is 661 g/mol. The van der Waals surface area contributed by atoms with E-state index in [-0.39, 0.29) is 35.0 Å². The van der Waals surface area contributed by atoms with Crippen LogP contribution in [0, 0.1) is 0 Å². The number of rotatable bonds is 15. The van der Waals surface area contributed by atoms with Crippen LogP contribution < -0.4 is 28.6 Å². The van der Waals surface area contributed by atoms with Crippen LogP contribution in [0.1, 0.15) is 11.1 Å². The highest BCUT2D eigenvalue weighted by Gasteiger charge is 2.36. The molecule has 47 heavy (non-hydrogen) atoms. The molecule has 0 fully saturated rings. The first-order valence-electron chi connectivity index (χ1n) is 14.7. The zero-order valence-corrected chi connectivity index (χ0v) is 27.8. The summed E-state index contributed by atoms with van der Waals surface area (Å²) in [6.07, 6.45) is 0.198. The van der Waals surface area contributed by atoms with E-state index in [4.69, 9.17) is 18.9 Å². The molecule has 0 unspecified atom stereocenters. The first-order chi connectivity index (χ1) is 22.7. The van der Waals surface area contributed by atoms with E-state index in [0.29, 0.717) is 11.5 Å². The molecular formula is C35H39N3O8S. The molecule has 1 N–H and O–H groups in total. The van der Waals surface area contributed by atoms with Crippen molar-refractivity contribution in [2.75, 3.05) is 46.3 Å². The number of benzene rings is 4. The molecule has 0 heterocycles. The Labute approximate surface area is 275 Å². The van der Waals surface area contributed by atoms with Crippen molar-refractivity contribution in [3.63, 3.8) is 0 Å². The van der Waals surface area contributed by atoms with E-state index in [1.54, 1.807) is 12.1 Å². The number of nitrogens with zero attached hydrogens (tertiary/aromatic N) is 2. The van der Waals surface area contributed by atoms with Crippen molar-refractivity contribution < 1.29 is 37.0 Å². The van der Waals surface area contributed by atoms with Gasteiger partial charge in [-0.2, -0.15) is 0 Å². The fraction of sp³-hybridized carbons (Fsp3) is 0.257. The molecule has 0 bridgehead atoms. The first kappa shape index (κ1) is 34.6. The summed E-state index contributed by atoms with van der Waals surface area (Å²) in [7, 11) is 2.72. The van der Waals surface area contributed by atoms with E-state index in [1.165, 1.54) is 64.7 Å². The second-order valence-corrected chi connectivity index (χ2v) is 12.3. The smallest absolute Gasteiger partial charge is 0.265 e. The van der Waals surface area contributed by atoms with Crippen LogP contribution in [0.25, 0.3) is 0 Å². The summed E-state index contributed by atoms with van der Waals surface area (Å²) in [5.41, 5.74) is 1.65. The molecule has 2 amide bonds. The predicted molar refractivity (Wildman–Crippen MR) is 179 cm³/mol. The summed E-state index contributed by atoms with van der Waals surface area (Å²) < 4.78 is 51.7. The number of ether oxygens (including phenoxy) is 4. The highest BCUT2D eigenvalue weighted by molar-refractivity contribution is 7.92. The number of anilines is 1. The molecular weight excluding hydrogens is 622 g/mol. The van der Waals surface area contributed by atoms with Gasteiger partial charge in [-0.25, -0.2) is 8.42 Å². The van der Waals surface area contributed by atoms with Gasteiger partial charge in [0.05, 0.1) is 39.0 Å². The molecule has 4 rings (SSSR count). The highest BCUT2D eigenvalue weighted by Crippen LogP contribution is 2.38. The maximum absolute atomic E-state index is 14.6.